The average Bonchev–Trinajstić information content (AvgIpc) is 3.25. The summed E-state index contributed by atoms with van der Waals surface area (Å²) in [6, 6.07) is 2.10. The maximum atomic E-state index is 5.91. The molecule has 0 radical (unpaired) electrons. The van der Waals surface area contributed by atoms with Gasteiger partial charge < -0.3 is 14.2 Å². The van der Waals surface area contributed by atoms with Gasteiger partial charge in [-0.1, -0.05) is 0 Å². The second-order valence-corrected chi connectivity index (χ2v) is 7.35. The minimum atomic E-state index is -0.0386. The van der Waals surface area contributed by atoms with Crippen molar-refractivity contribution in [3.8, 4) is 0 Å². The molecule has 24 heavy (non-hydrogen) atoms. The van der Waals surface area contributed by atoms with Crippen molar-refractivity contribution in [3.05, 3.63) is 39.8 Å². The van der Waals surface area contributed by atoms with Crippen LogP contribution in [0.15, 0.2) is 23.0 Å². The summed E-state index contributed by atoms with van der Waals surface area (Å²) in [5.41, 5.74) is 3.61. The summed E-state index contributed by atoms with van der Waals surface area (Å²) < 4.78 is 19.3. The standard InChI is InChI=1S/C18H24N2O3S/c1-5-21-6-2-14(1)9-20-10-16-3-7-23-17(18(16)19-20)12-22-11-15-4-8-24-13-15/h4,8,10,13-14,17H,1-3,5-7,9,11-12H2/t17-/m1/s1. The van der Waals surface area contributed by atoms with Crippen molar-refractivity contribution in [2.45, 2.75) is 38.5 Å². The first-order valence-corrected chi connectivity index (χ1v) is 9.67. The largest absolute Gasteiger partial charge is 0.381 e. The Hall–Kier alpha value is -1.21. The molecule has 1 fully saturated rings. The van der Waals surface area contributed by atoms with E-state index in [-0.39, 0.29) is 6.10 Å². The minimum Gasteiger partial charge on any atom is -0.381 e. The van der Waals surface area contributed by atoms with Crippen molar-refractivity contribution in [1.82, 2.24) is 9.78 Å². The number of rotatable bonds is 6. The quantitative estimate of drug-likeness (QED) is 0.804. The molecule has 0 N–H and O–H groups in total. The van der Waals surface area contributed by atoms with E-state index in [0.717, 1.165) is 51.3 Å². The Bertz CT molecular complexity index is 635. The highest BCUT2D eigenvalue weighted by molar-refractivity contribution is 7.07. The molecule has 0 bridgehead atoms. The van der Waals surface area contributed by atoms with E-state index in [1.807, 2.05) is 0 Å². The lowest BCUT2D eigenvalue weighted by molar-refractivity contribution is -0.0321. The number of fused-ring (bicyclic) bond motifs is 1. The van der Waals surface area contributed by atoms with E-state index in [2.05, 4.69) is 27.7 Å². The molecule has 0 spiro atoms. The smallest absolute Gasteiger partial charge is 0.125 e. The second-order valence-electron chi connectivity index (χ2n) is 6.57. The fourth-order valence-electron chi connectivity index (χ4n) is 3.40. The average molecular weight is 348 g/mol. The molecule has 0 aromatic carbocycles. The Morgan fingerprint density at radius 2 is 2.21 bits per heavy atom. The lowest BCUT2D eigenvalue weighted by atomic mass is 10.0. The van der Waals surface area contributed by atoms with Gasteiger partial charge in [-0.15, -0.1) is 0 Å². The maximum Gasteiger partial charge on any atom is 0.125 e. The van der Waals surface area contributed by atoms with E-state index in [1.165, 1.54) is 11.1 Å². The van der Waals surface area contributed by atoms with Crippen molar-refractivity contribution >= 4 is 11.3 Å². The first-order chi connectivity index (χ1) is 11.9. The van der Waals surface area contributed by atoms with Crippen molar-refractivity contribution in [2.24, 2.45) is 5.92 Å². The van der Waals surface area contributed by atoms with E-state index in [1.54, 1.807) is 11.3 Å². The van der Waals surface area contributed by atoms with Gasteiger partial charge in [0.1, 0.15) is 6.10 Å². The fourth-order valence-corrected chi connectivity index (χ4v) is 4.06. The van der Waals surface area contributed by atoms with Crippen LogP contribution in [0.5, 0.6) is 0 Å². The third-order valence-corrected chi connectivity index (χ3v) is 5.50. The van der Waals surface area contributed by atoms with E-state index in [9.17, 15) is 0 Å². The first-order valence-electron chi connectivity index (χ1n) is 8.73. The minimum absolute atomic E-state index is 0.0386. The number of hydrogen-bond donors (Lipinski definition) is 0. The zero-order chi connectivity index (χ0) is 16.2. The third kappa shape index (κ3) is 3.88. The van der Waals surface area contributed by atoms with Crippen LogP contribution in [0.3, 0.4) is 0 Å². The van der Waals surface area contributed by atoms with Crippen molar-refractivity contribution < 1.29 is 14.2 Å². The van der Waals surface area contributed by atoms with Crippen LogP contribution >= 0.6 is 11.3 Å². The topological polar surface area (TPSA) is 45.5 Å². The predicted molar refractivity (Wildman–Crippen MR) is 92.1 cm³/mol. The van der Waals surface area contributed by atoms with Crippen molar-refractivity contribution in [3.63, 3.8) is 0 Å². The number of hydrogen-bond acceptors (Lipinski definition) is 5. The Morgan fingerprint density at radius 1 is 1.29 bits per heavy atom. The zero-order valence-corrected chi connectivity index (χ0v) is 14.7. The molecular formula is C18H24N2O3S. The first kappa shape index (κ1) is 16.3. The molecule has 0 saturated carbocycles. The van der Waals surface area contributed by atoms with Crippen LogP contribution in [-0.2, 0) is 33.8 Å². The summed E-state index contributed by atoms with van der Waals surface area (Å²) in [6.45, 7) is 4.71. The number of ether oxygens (including phenoxy) is 3. The molecule has 130 valence electrons. The molecule has 6 heteroatoms. The van der Waals surface area contributed by atoms with Gasteiger partial charge in [0.25, 0.3) is 0 Å². The fraction of sp³-hybridized carbons (Fsp3) is 0.611. The molecule has 5 nitrogen and oxygen atoms in total. The number of nitrogens with zero attached hydrogens (tertiary/aromatic N) is 2. The normalized spacial score (nSPS) is 21.8. The Balaban J connectivity index is 1.36. The highest BCUT2D eigenvalue weighted by Crippen LogP contribution is 2.27. The van der Waals surface area contributed by atoms with Gasteiger partial charge in [0, 0.05) is 26.0 Å². The van der Waals surface area contributed by atoms with Crippen LogP contribution < -0.4 is 0 Å². The van der Waals surface area contributed by atoms with Crippen LogP contribution in [0, 0.1) is 5.92 Å². The van der Waals surface area contributed by atoms with E-state index in [0.29, 0.717) is 19.1 Å². The third-order valence-electron chi connectivity index (χ3n) is 4.77. The molecule has 1 atom stereocenters. The summed E-state index contributed by atoms with van der Waals surface area (Å²) in [4.78, 5) is 0. The van der Waals surface area contributed by atoms with E-state index >= 15 is 0 Å². The zero-order valence-electron chi connectivity index (χ0n) is 13.9. The summed E-state index contributed by atoms with van der Waals surface area (Å²) in [5, 5.41) is 9.01. The lowest BCUT2D eigenvalue weighted by Gasteiger charge is -2.22. The van der Waals surface area contributed by atoms with Crippen LogP contribution in [-0.4, -0.2) is 36.2 Å². The van der Waals surface area contributed by atoms with Crippen LogP contribution in [0.25, 0.3) is 0 Å². The van der Waals surface area contributed by atoms with Gasteiger partial charge in [0.2, 0.25) is 0 Å². The van der Waals surface area contributed by atoms with Crippen LogP contribution in [0.2, 0.25) is 0 Å². The molecule has 2 aromatic rings. The van der Waals surface area contributed by atoms with Gasteiger partial charge in [-0.05, 0) is 53.1 Å². The molecule has 2 aliphatic heterocycles. The van der Waals surface area contributed by atoms with Gasteiger partial charge in [-0.25, -0.2) is 0 Å². The monoisotopic (exact) mass is 348 g/mol. The molecule has 2 aromatic heterocycles. The van der Waals surface area contributed by atoms with Crippen LogP contribution in [0.4, 0.5) is 0 Å². The summed E-state index contributed by atoms with van der Waals surface area (Å²) >= 11 is 1.70. The van der Waals surface area contributed by atoms with Crippen molar-refractivity contribution in [2.75, 3.05) is 26.4 Å². The maximum absolute atomic E-state index is 5.91. The molecule has 1 saturated heterocycles. The Kier molecular flexibility index (Phi) is 5.27. The Morgan fingerprint density at radius 3 is 3.04 bits per heavy atom. The highest BCUT2D eigenvalue weighted by atomic mass is 32.1. The van der Waals surface area contributed by atoms with Gasteiger partial charge in [0.05, 0.1) is 25.5 Å². The highest BCUT2D eigenvalue weighted by Gasteiger charge is 2.26. The lowest BCUT2D eigenvalue weighted by Crippen LogP contribution is -2.21. The van der Waals surface area contributed by atoms with E-state index < -0.39 is 0 Å². The molecular weight excluding hydrogens is 324 g/mol. The predicted octanol–water partition coefficient (Wildman–Crippen LogP) is 3.20. The van der Waals surface area contributed by atoms with Gasteiger partial charge in [0.15, 0.2) is 0 Å². The Labute approximate surface area is 146 Å². The van der Waals surface area contributed by atoms with Gasteiger partial charge in [-0.2, -0.15) is 16.4 Å². The summed E-state index contributed by atoms with van der Waals surface area (Å²) in [7, 11) is 0. The molecule has 0 unspecified atom stereocenters. The molecule has 2 aliphatic rings. The van der Waals surface area contributed by atoms with Gasteiger partial charge >= 0.3 is 0 Å². The molecule has 4 rings (SSSR count). The van der Waals surface area contributed by atoms with Gasteiger partial charge in [-0.3, -0.25) is 4.68 Å². The molecule has 0 aliphatic carbocycles. The van der Waals surface area contributed by atoms with Crippen LogP contribution in [0.1, 0.15) is 35.8 Å². The summed E-state index contributed by atoms with van der Waals surface area (Å²) in [6.07, 6.45) is 5.38. The number of aromatic nitrogens is 2. The molecule has 0 amide bonds. The second kappa shape index (κ2) is 7.78. The van der Waals surface area contributed by atoms with Crippen molar-refractivity contribution in [1.29, 1.82) is 0 Å². The number of thiophene rings is 1. The molecule has 4 heterocycles. The SMILES string of the molecule is c1cc(COC[C@H]2OCCc3cn(CC4CCOCC4)nc32)cs1. The summed E-state index contributed by atoms with van der Waals surface area (Å²) in [5.74, 6) is 0.675. The van der Waals surface area contributed by atoms with E-state index in [4.69, 9.17) is 19.3 Å².